The van der Waals surface area contributed by atoms with Crippen molar-refractivity contribution >= 4 is 28.9 Å². The highest BCUT2D eigenvalue weighted by Gasteiger charge is 2.26. The van der Waals surface area contributed by atoms with Crippen LogP contribution in [0.3, 0.4) is 0 Å². The van der Waals surface area contributed by atoms with E-state index in [1.165, 1.54) is 24.3 Å². The molecule has 0 bridgehead atoms. The van der Waals surface area contributed by atoms with Gasteiger partial charge in [0, 0.05) is 36.5 Å². The monoisotopic (exact) mass is 384 g/mol. The quantitative estimate of drug-likeness (QED) is 0.604. The lowest BCUT2D eigenvalue weighted by atomic mass is 10.1. The van der Waals surface area contributed by atoms with Crippen molar-refractivity contribution in [2.45, 2.75) is 0 Å². The Balaban J connectivity index is 1.79. The van der Waals surface area contributed by atoms with E-state index in [1.807, 2.05) is 19.0 Å². The Labute approximate surface area is 161 Å². The summed E-state index contributed by atoms with van der Waals surface area (Å²) in [5.41, 5.74) is 1.30. The summed E-state index contributed by atoms with van der Waals surface area (Å²) in [7, 11) is 3.85. The summed E-state index contributed by atoms with van der Waals surface area (Å²) in [4.78, 5) is 38.5. The fraction of sp³-hybridized carbons (Fsp3) is 0.263. The topological polar surface area (TPSA) is 105 Å². The zero-order valence-electron chi connectivity index (χ0n) is 15.5. The third-order valence-corrected chi connectivity index (χ3v) is 4.27. The fourth-order valence-corrected chi connectivity index (χ4v) is 2.76. The van der Waals surface area contributed by atoms with Gasteiger partial charge in [-0.05, 0) is 44.4 Å². The van der Waals surface area contributed by atoms with Crippen LogP contribution in [0.15, 0.2) is 42.5 Å². The SMILES string of the molecule is CN(C)CCN1C(=O)COc2ccc(NC(=O)c3ccc([N+](=O)[O-])cc3)cc21. The van der Waals surface area contributed by atoms with Crippen LogP contribution >= 0.6 is 0 Å². The van der Waals surface area contributed by atoms with E-state index in [1.54, 1.807) is 23.1 Å². The zero-order valence-corrected chi connectivity index (χ0v) is 15.5. The molecule has 0 saturated carbocycles. The molecule has 0 aromatic heterocycles. The first-order valence-corrected chi connectivity index (χ1v) is 8.63. The van der Waals surface area contributed by atoms with Crippen LogP contribution < -0.4 is 15.0 Å². The lowest BCUT2D eigenvalue weighted by molar-refractivity contribution is -0.384. The third kappa shape index (κ3) is 4.26. The summed E-state index contributed by atoms with van der Waals surface area (Å²) in [6, 6.07) is 10.4. The minimum Gasteiger partial charge on any atom is -0.482 e. The first kappa shape index (κ1) is 19.3. The van der Waals surface area contributed by atoms with Crippen LogP contribution in [0.25, 0.3) is 0 Å². The predicted molar refractivity (Wildman–Crippen MR) is 104 cm³/mol. The number of fused-ring (bicyclic) bond motifs is 1. The van der Waals surface area contributed by atoms with Crippen molar-refractivity contribution in [1.29, 1.82) is 0 Å². The first-order valence-electron chi connectivity index (χ1n) is 8.63. The molecule has 2 aromatic carbocycles. The van der Waals surface area contributed by atoms with Gasteiger partial charge in [-0.1, -0.05) is 0 Å². The van der Waals surface area contributed by atoms with Crippen LogP contribution in [-0.2, 0) is 4.79 Å². The van der Waals surface area contributed by atoms with Gasteiger partial charge in [-0.3, -0.25) is 19.7 Å². The van der Waals surface area contributed by atoms with E-state index in [4.69, 9.17) is 4.74 Å². The molecular weight excluding hydrogens is 364 g/mol. The Morgan fingerprint density at radius 2 is 1.96 bits per heavy atom. The van der Waals surface area contributed by atoms with Crippen LogP contribution in [0.2, 0.25) is 0 Å². The van der Waals surface area contributed by atoms with Gasteiger partial charge in [0.1, 0.15) is 5.75 Å². The molecule has 3 rings (SSSR count). The number of carbonyl (C=O) groups is 2. The van der Waals surface area contributed by atoms with E-state index in [0.717, 1.165) is 0 Å². The van der Waals surface area contributed by atoms with Gasteiger partial charge in [0.05, 0.1) is 10.6 Å². The maximum Gasteiger partial charge on any atom is 0.269 e. The summed E-state index contributed by atoms with van der Waals surface area (Å²) in [6.07, 6.45) is 0. The summed E-state index contributed by atoms with van der Waals surface area (Å²) in [5.74, 6) is 0.0256. The Morgan fingerprint density at radius 3 is 2.61 bits per heavy atom. The minimum absolute atomic E-state index is 0.0189. The number of hydrogen-bond donors (Lipinski definition) is 1. The molecule has 2 aromatic rings. The Bertz CT molecular complexity index is 911. The van der Waals surface area contributed by atoms with Gasteiger partial charge in [-0.15, -0.1) is 0 Å². The highest BCUT2D eigenvalue weighted by Crippen LogP contribution is 2.34. The number of benzene rings is 2. The summed E-state index contributed by atoms with van der Waals surface area (Å²) < 4.78 is 5.47. The number of nitrogens with one attached hydrogen (secondary N) is 1. The molecular formula is C19H20N4O5. The summed E-state index contributed by atoms with van der Waals surface area (Å²) in [6.45, 7) is 1.17. The maximum absolute atomic E-state index is 12.4. The second-order valence-corrected chi connectivity index (χ2v) is 6.58. The molecule has 0 radical (unpaired) electrons. The van der Waals surface area contributed by atoms with Crippen molar-refractivity contribution in [2.75, 3.05) is 44.0 Å². The number of likely N-dealkylation sites (N-methyl/N-ethyl adjacent to an activating group) is 1. The Hall–Kier alpha value is -3.46. The number of anilines is 2. The molecule has 1 aliphatic heterocycles. The first-order chi connectivity index (χ1) is 13.3. The van der Waals surface area contributed by atoms with Crippen LogP contribution in [0.4, 0.5) is 17.1 Å². The number of rotatable bonds is 6. The van der Waals surface area contributed by atoms with Gasteiger partial charge in [-0.2, -0.15) is 0 Å². The number of nitro groups is 1. The Kier molecular flexibility index (Phi) is 5.55. The summed E-state index contributed by atoms with van der Waals surface area (Å²) in [5, 5.41) is 13.5. The van der Waals surface area contributed by atoms with Crippen molar-refractivity contribution in [3.05, 3.63) is 58.1 Å². The number of hydrogen-bond acceptors (Lipinski definition) is 6. The molecule has 0 saturated heterocycles. The number of ether oxygens (including phenoxy) is 1. The molecule has 1 N–H and O–H groups in total. The third-order valence-electron chi connectivity index (χ3n) is 4.27. The van der Waals surface area contributed by atoms with Crippen LogP contribution in [0.5, 0.6) is 5.75 Å². The molecule has 0 atom stereocenters. The highest BCUT2D eigenvalue weighted by molar-refractivity contribution is 6.05. The molecule has 146 valence electrons. The molecule has 0 aliphatic carbocycles. The van der Waals surface area contributed by atoms with E-state index < -0.39 is 10.8 Å². The zero-order chi connectivity index (χ0) is 20.3. The minimum atomic E-state index is -0.523. The van der Waals surface area contributed by atoms with Gasteiger partial charge in [0.2, 0.25) is 0 Å². The number of carbonyl (C=O) groups excluding carboxylic acids is 2. The predicted octanol–water partition coefficient (Wildman–Crippen LogP) is 2.13. The maximum atomic E-state index is 12.4. The second kappa shape index (κ2) is 8.05. The normalized spacial score (nSPS) is 13.1. The van der Waals surface area contributed by atoms with Crippen LogP contribution in [0.1, 0.15) is 10.4 Å². The van der Waals surface area contributed by atoms with E-state index in [0.29, 0.717) is 35.8 Å². The van der Waals surface area contributed by atoms with E-state index in [9.17, 15) is 19.7 Å². The van der Waals surface area contributed by atoms with Crippen molar-refractivity contribution in [3.63, 3.8) is 0 Å². The molecule has 9 nitrogen and oxygen atoms in total. The van der Waals surface area contributed by atoms with Gasteiger partial charge in [-0.25, -0.2) is 0 Å². The lowest BCUT2D eigenvalue weighted by Crippen LogP contribution is -2.42. The molecule has 0 fully saturated rings. The molecule has 0 spiro atoms. The van der Waals surface area contributed by atoms with Crippen LogP contribution in [0, 0.1) is 10.1 Å². The highest BCUT2D eigenvalue weighted by atomic mass is 16.6. The number of amides is 2. The smallest absolute Gasteiger partial charge is 0.269 e. The van der Waals surface area contributed by atoms with E-state index in [2.05, 4.69) is 5.32 Å². The van der Waals surface area contributed by atoms with Crippen molar-refractivity contribution < 1.29 is 19.2 Å². The Morgan fingerprint density at radius 1 is 1.25 bits per heavy atom. The van der Waals surface area contributed by atoms with E-state index in [-0.39, 0.29) is 18.2 Å². The van der Waals surface area contributed by atoms with Crippen molar-refractivity contribution in [3.8, 4) is 5.75 Å². The summed E-state index contributed by atoms with van der Waals surface area (Å²) >= 11 is 0. The largest absolute Gasteiger partial charge is 0.482 e. The van der Waals surface area contributed by atoms with Gasteiger partial charge >= 0.3 is 0 Å². The number of nitro benzene ring substituents is 1. The van der Waals surface area contributed by atoms with Crippen molar-refractivity contribution in [1.82, 2.24) is 4.90 Å². The van der Waals surface area contributed by atoms with Gasteiger partial charge < -0.3 is 19.9 Å². The second-order valence-electron chi connectivity index (χ2n) is 6.58. The number of nitrogens with zero attached hydrogens (tertiary/aromatic N) is 3. The average molecular weight is 384 g/mol. The molecule has 1 heterocycles. The van der Waals surface area contributed by atoms with Gasteiger partial charge in [0.25, 0.3) is 17.5 Å². The molecule has 1 aliphatic rings. The van der Waals surface area contributed by atoms with Crippen LogP contribution in [-0.4, -0.2) is 55.4 Å². The van der Waals surface area contributed by atoms with Crippen molar-refractivity contribution in [2.24, 2.45) is 0 Å². The number of non-ortho nitro benzene ring substituents is 1. The van der Waals surface area contributed by atoms with E-state index >= 15 is 0 Å². The molecule has 9 heteroatoms. The van der Waals surface area contributed by atoms with Gasteiger partial charge in [0.15, 0.2) is 6.61 Å². The lowest BCUT2D eigenvalue weighted by Gasteiger charge is -2.30. The standard InChI is InChI=1S/C19H20N4O5/c1-21(2)9-10-22-16-11-14(5-8-17(16)28-12-18(22)24)20-19(25)13-3-6-15(7-4-13)23(26)27/h3-8,11H,9-10,12H2,1-2H3,(H,20,25). The fourth-order valence-electron chi connectivity index (χ4n) is 2.76. The molecule has 0 unspecified atom stereocenters. The molecule has 28 heavy (non-hydrogen) atoms. The molecule has 2 amide bonds. The average Bonchev–Trinajstić information content (AvgIpc) is 2.67.